The lowest BCUT2D eigenvalue weighted by Crippen LogP contribution is -2.12. The first-order valence-electron chi connectivity index (χ1n) is 8.65. The van der Waals surface area contributed by atoms with E-state index in [4.69, 9.17) is 16.3 Å². The van der Waals surface area contributed by atoms with Crippen molar-refractivity contribution >= 4 is 50.4 Å². The smallest absolute Gasteiger partial charge is 0.151 e. The maximum absolute atomic E-state index is 11.5. The molecule has 0 amide bonds. The fourth-order valence-electron chi connectivity index (χ4n) is 2.98. The number of sulfone groups is 1. The minimum Gasteiger partial charge on any atom is -0.492 e. The highest BCUT2D eigenvalue weighted by Gasteiger charge is 2.09. The van der Waals surface area contributed by atoms with Crippen LogP contribution in [-0.4, -0.2) is 32.8 Å². The SMILES string of the molecule is Cc1[nH]c2cc(OCCNc3ccc(Cl)c(CS(C)(=O)=O)c3)ccc2c1C.Cl. The minimum absolute atomic E-state index is 0. The number of H-pyrrole nitrogens is 1. The Morgan fingerprint density at radius 3 is 2.61 bits per heavy atom. The molecule has 0 bridgehead atoms. The second-order valence-electron chi connectivity index (χ2n) is 6.73. The van der Waals surface area contributed by atoms with Gasteiger partial charge < -0.3 is 15.0 Å². The second kappa shape index (κ2) is 9.07. The molecule has 0 spiro atoms. The van der Waals surface area contributed by atoms with Crippen LogP contribution in [0.2, 0.25) is 5.02 Å². The van der Waals surface area contributed by atoms with Crippen molar-refractivity contribution in [2.24, 2.45) is 0 Å². The molecule has 2 N–H and O–H groups in total. The van der Waals surface area contributed by atoms with Crippen molar-refractivity contribution in [1.29, 1.82) is 0 Å². The van der Waals surface area contributed by atoms with Gasteiger partial charge in [0.2, 0.25) is 0 Å². The highest BCUT2D eigenvalue weighted by molar-refractivity contribution is 7.89. The zero-order valence-electron chi connectivity index (χ0n) is 16.0. The van der Waals surface area contributed by atoms with Gasteiger partial charge in [-0.2, -0.15) is 0 Å². The number of rotatable bonds is 7. The number of aryl methyl sites for hydroxylation is 2. The van der Waals surface area contributed by atoms with E-state index in [-0.39, 0.29) is 18.2 Å². The first-order chi connectivity index (χ1) is 12.7. The van der Waals surface area contributed by atoms with Crippen LogP contribution in [0.4, 0.5) is 5.69 Å². The predicted octanol–water partition coefficient (Wildman–Crippen LogP) is 4.90. The van der Waals surface area contributed by atoms with Crippen LogP contribution in [0.15, 0.2) is 36.4 Å². The average Bonchev–Trinajstić information content (AvgIpc) is 2.87. The third-order valence-electron chi connectivity index (χ3n) is 4.44. The largest absolute Gasteiger partial charge is 0.492 e. The van der Waals surface area contributed by atoms with Crippen molar-refractivity contribution in [2.75, 3.05) is 24.7 Å². The number of nitrogens with one attached hydrogen (secondary N) is 2. The van der Waals surface area contributed by atoms with Crippen molar-refractivity contribution in [2.45, 2.75) is 19.6 Å². The summed E-state index contributed by atoms with van der Waals surface area (Å²) < 4.78 is 28.8. The highest BCUT2D eigenvalue weighted by Crippen LogP contribution is 2.25. The third-order valence-corrected chi connectivity index (χ3v) is 5.65. The van der Waals surface area contributed by atoms with Crippen molar-refractivity contribution in [3.8, 4) is 5.75 Å². The van der Waals surface area contributed by atoms with Gasteiger partial charge in [-0.05, 0) is 55.3 Å². The number of halogens is 2. The fourth-order valence-corrected chi connectivity index (χ4v) is 4.05. The minimum atomic E-state index is -3.14. The molecule has 0 unspecified atom stereocenters. The molecule has 0 aliphatic rings. The number of hydrogen-bond donors (Lipinski definition) is 2. The van der Waals surface area contributed by atoms with E-state index in [1.807, 2.05) is 18.2 Å². The summed E-state index contributed by atoms with van der Waals surface area (Å²) in [5.74, 6) is 0.728. The van der Waals surface area contributed by atoms with Crippen LogP contribution in [0.1, 0.15) is 16.8 Å². The first kappa shape index (κ1) is 22.4. The van der Waals surface area contributed by atoms with Gasteiger partial charge in [-0.15, -0.1) is 12.4 Å². The molecule has 2 aromatic carbocycles. The molecule has 1 heterocycles. The summed E-state index contributed by atoms with van der Waals surface area (Å²) in [6.45, 7) is 5.22. The predicted molar refractivity (Wildman–Crippen MR) is 119 cm³/mol. The summed E-state index contributed by atoms with van der Waals surface area (Å²) in [6, 6.07) is 11.3. The summed E-state index contributed by atoms with van der Waals surface area (Å²) in [7, 11) is -3.14. The number of aromatic amines is 1. The van der Waals surface area contributed by atoms with E-state index < -0.39 is 9.84 Å². The number of ether oxygens (including phenoxy) is 1. The van der Waals surface area contributed by atoms with Crippen LogP contribution in [0.5, 0.6) is 5.75 Å². The molecular formula is C20H24Cl2N2O3S. The molecule has 8 heteroatoms. The Labute approximate surface area is 176 Å². The first-order valence-corrected chi connectivity index (χ1v) is 11.1. The van der Waals surface area contributed by atoms with Gasteiger partial charge in [-0.25, -0.2) is 8.42 Å². The second-order valence-corrected chi connectivity index (χ2v) is 9.28. The number of aromatic nitrogens is 1. The number of hydrogen-bond acceptors (Lipinski definition) is 4. The lowest BCUT2D eigenvalue weighted by molar-refractivity contribution is 0.333. The molecule has 0 fully saturated rings. The maximum Gasteiger partial charge on any atom is 0.151 e. The van der Waals surface area contributed by atoms with Gasteiger partial charge in [-0.3, -0.25) is 0 Å². The molecule has 5 nitrogen and oxygen atoms in total. The van der Waals surface area contributed by atoms with E-state index >= 15 is 0 Å². The van der Waals surface area contributed by atoms with Crippen molar-refractivity contribution in [3.05, 3.63) is 58.2 Å². The topological polar surface area (TPSA) is 71.2 Å². The molecule has 0 radical (unpaired) electrons. The molecule has 1 aromatic heterocycles. The Hall–Kier alpha value is -1.89. The summed E-state index contributed by atoms with van der Waals surface area (Å²) in [5.41, 5.74) is 4.89. The Balaban J connectivity index is 0.00000280. The van der Waals surface area contributed by atoms with Gasteiger partial charge in [0.05, 0.1) is 5.75 Å². The summed E-state index contributed by atoms with van der Waals surface area (Å²) >= 11 is 6.08. The summed E-state index contributed by atoms with van der Waals surface area (Å²) in [6.07, 6.45) is 1.20. The third kappa shape index (κ3) is 5.56. The van der Waals surface area contributed by atoms with E-state index in [9.17, 15) is 8.42 Å². The number of fused-ring (bicyclic) bond motifs is 1. The van der Waals surface area contributed by atoms with Gasteiger partial charge in [0.15, 0.2) is 9.84 Å². The quantitative estimate of drug-likeness (QED) is 0.510. The summed E-state index contributed by atoms with van der Waals surface area (Å²) in [4.78, 5) is 3.36. The lowest BCUT2D eigenvalue weighted by atomic mass is 10.1. The molecule has 0 aliphatic heterocycles. The molecular weight excluding hydrogens is 419 g/mol. The standard InChI is InChI=1S/C20H23ClN2O3S.ClH/c1-13-14(2)23-20-11-17(5-6-18(13)20)26-9-8-22-16-4-7-19(21)15(10-16)12-27(3,24)25;/h4-7,10-11,22-23H,8-9,12H2,1-3H3;1H. The van der Waals surface area contributed by atoms with Crippen LogP contribution < -0.4 is 10.1 Å². The van der Waals surface area contributed by atoms with Crippen LogP contribution in [0.3, 0.4) is 0 Å². The van der Waals surface area contributed by atoms with Crippen LogP contribution >= 0.6 is 24.0 Å². The molecule has 3 rings (SSSR count). The van der Waals surface area contributed by atoms with Crippen molar-refractivity contribution in [1.82, 2.24) is 4.98 Å². The maximum atomic E-state index is 11.5. The Morgan fingerprint density at radius 2 is 1.89 bits per heavy atom. The van der Waals surface area contributed by atoms with Crippen LogP contribution in [0.25, 0.3) is 10.9 Å². The molecule has 28 heavy (non-hydrogen) atoms. The van der Waals surface area contributed by atoms with E-state index in [1.54, 1.807) is 12.1 Å². The molecule has 0 saturated heterocycles. The van der Waals surface area contributed by atoms with Crippen molar-refractivity contribution < 1.29 is 13.2 Å². The Morgan fingerprint density at radius 1 is 1.14 bits per heavy atom. The van der Waals surface area contributed by atoms with E-state index in [1.165, 1.54) is 17.2 Å². The lowest BCUT2D eigenvalue weighted by Gasteiger charge is -2.11. The molecule has 152 valence electrons. The monoisotopic (exact) mass is 442 g/mol. The van der Waals surface area contributed by atoms with Crippen LogP contribution in [-0.2, 0) is 15.6 Å². The van der Waals surface area contributed by atoms with Crippen LogP contribution in [0, 0.1) is 13.8 Å². The highest BCUT2D eigenvalue weighted by atomic mass is 35.5. The average molecular weight is 443 g/mol. The fraction of sp³-hybridized carbons (Fsp3) is 0.300. The van der Waals surface area contributed by atoms with E-state index in [0.29, 0.717) is 23.7 Å². The van der Waals surface area contributed by atoms with Gasteiger partial charge in [0, 0.05) is 46.2 Å². The van der Waals surface area contributed by atoms with Gasteiger partial charge in [0.1, 0.15) is 12.4 Å². The molecule has 0 aliphatic carbocycles. The van der Waals surface area contributed by atoms with Crippen molar-refractivity contribution in [3.63, 3.8) is 0 Å². The number of anilines is 1. The van der Waals surface area contributed by atoms with Gasteiger partial charge in [0.25, 0.3) is 0 Å². The zero-order valence-corrected chi connectivity index (χ0v) is 18.4. The van der Waals surface area contributed by atoms with E-state index in [0.717, 1.165) is 22.6 Å². The van der Waals surface area contributed by atoms with Gasteiger partial charge in [-0.1, -0.05) is 11.6 Å². The molecule has 0 atom stereocenters. The normalized spacial score (nSPS) is 11.3. The molecule has 3 aromatic rings. The summed E-state index contributed by atoms with van der Waals surface area (Å²) in [5, 5.41) is 4.89. The van der Waals surface area contributed by atoms with E-state index in [2.05, 4.69) is 30.2 Å². The van der Waals surface area contributed by atoms with Gasteiger partial charge >= 0.3 is 0 Å². The zero-order chi connectivity index (χ0) is 19.6. The number of benzene rings is 2. The Kier molecular flexibility index (Phi) is 7.26. The Bertz CT molecular complexity index is 1080. The molecule has 0 saturated carbocycles.